The van der Waals surface area contributed by atoms with Gasteiger partial charge in [0.05, 0.1) is 17.1 Å². The fourth-order valence-electron chi connectivity index (χ4n) is 2.30. The number of halogens is 1. The fourth-order valence-corrected chi connectivity index (χ4v) is 4.10. The molecule has 1 aromatic rings. The fraction of sp³-hybridized carbons (Fsp3) is 0.462. The van der Waals surface area contributed by atoms with Crippen molar-refractivity contribution < 1.29 is 12.8 Å². The molecule has 1 aromatic carbocycles. The van der Waals surface area contributed by atoms with Gasteiger partial charge in [-0.2, -0.15) is 5.26 Å². The highest BCUT2D eigenvalue weighted by molar-refractivity contribution is 7.91. The van der Waals surface area contributed by atoms with Crippen molar-refractivity contribution in [1.82, 2.24) is 4.90 Å². The Balaban J connectivity index is 2.08. The summed E-state index contributed by atoms with van der Waals surface area (Å²) >= 11 is 0. The van der Waals surface area contributed by atoms with Crippen molar-refractivity contribution in [2.75, 3.05) is 18.6 Å². The molecule has 1 heterocycles. The zero-order valence-electron chi connectivity index (χ0n) is 10.6. The maximum atomic E-state index is 13.2. The van der Waals surface area contributed by atoms with Crippen LogP contribution in [-0.4, -0.2) is 37.9 Å². The minimum absolute atomic E-state index is 0.000545. The second-order valence-corrected chi connectivity index (χ2v) is 7.13. The lowest BCUT2D eigenvalue weighted by atomic mass is 10.1. The van der Waals surface area contributed by atoms with Crippen molar-refractivity contribution in [3.63, 3.8) is 0 Å². The van der Waals surface area contributed by atoms with Crippen LogP contribution in [0.25, 0.3) is 0 Å². The van der Waals surface area contributed by atoms with E-state index in [1.807, 2.05) is 11.9 Å². The lowest BCUT2D eigenvalue weighted by molar-refractivity contribution is 0.254. The van der Waals surface area contributed by atoms with Crippen LogP contribution in [0, 0.1) is 17.1 Å². The van der Waals surface area contributed by atoms with Crippen LogP contribution in [0.1, 0.15) is 17.5 Å². The molecular formula is C13H15FN2O2S. The lowest BCUT2D eigenvalue weighted by Gasteiger charge is -2.23. The third kappa shape index (κ3) is 3.31. The first-order chi connectivity index (χ1) is 8.91. The summed E-state index contributed by atoms with van der Waals surface area (Å²) in [5, 5.41) is 8.77. The number of sulfone groups is 1. The van der Waals surface area contributed by atoms with Gasteiger partial charge >= 0.3 is 0 Å². The molecule has 2 rings (SSSR count). The van der Waals surface area contributed by atoms with Crippen LogP contribution < -0.4 is 0 Å². The summed E-state index contributed by atoms with van der Waals surface area (Å²) in [4.78, 5) is 1.94. The van der Waals surface area contributed by atoms with E-state index >= 15 is 0 Å². The normalized spacial score (nSPS) is 21.5. The molecule has 0 spiro atoms. The monoisotopic (exact) mass is 282 g/mol. The molecule has 4 nitrogen and oxygen atoms in total. The molecule has 1 aliphatic rings. The van der Waals surface area contributed by atoms with Gasteiger partial charge in [-0.3, -0.25) is 4.90 Å². The number of nitriles is 1. The third-order valence-corrected chi connectivity index (χ3v) is 5.17. The predicted octanol–water partition coefficient (Wildman–Crippen LogP) is 1.32. The Kier molecular flexibility index (Phi) is 3.88. The van der Waals surface area contributed by atoms with Crippen molar-refractivity contribution in [3.05, 3.63) is 35.1 Å². The number of rotatable bonds is 3. The average molecular weight is 282 g/mol. The van der Waals surface area contributed by atoms with Crippen LogP contribution >= 0.6 is 0 Å². The molecule has 102 valence electrons. The van der Waals surface area contributed by atoms with Gasteiger partial charge in [0.2, 0.25) is 0 Å². The Hall–Kier alpha value is -1.45. The first-order valence-corrected chi connectivity index (χ1v) is 7.82. The highest BCUT2D eigenvalue weighted by Crippen LogP contribution is 2.19. The summed E-state index contributed by atoms with van der Waals surface area (Å²) < 4.78 is 36.0. The van der Waals surface area contributed by atoms with Gasteiger partial charge in [-0.25, -0.2) is 12.8 Å². The van der Waals surface area contributed by atoms with E-state index in [0.717, 1.165) is 5.56 Å². The van der Waals surface area contributed by atoms with E-state index in [1.165, 1.54) is 12.1 Å². The summed E-state index contributed by atoms with van der Waals surface area (Å²) in [5.41, 5.74) is 0.828. The minimum Gasteiger partial charge on any atom is -0.298 e. The summed E-state index contributed by atoms with van der Waals surface area (Å²) in [6.45, 7) is 0.509. The number of benzene rings is 1. The highest BCUT2D eigenvalue weighted by atomic mass is 32.2. The first kappa shape index (κ1) is 14.0. The van der Waals surface area contributed by atoms with Gasteiger partial charge in [0, 0.05) is 12.6 Å². The van der Waals surface area contributed by atoms with E-state index in [1.54, 1.807) is 12.1 Å². The molecule has 1 fully saturated rings. The van der Waals surface area contributed by atoms with Crippen LogP contribution in [0.5, 0.6) is 0 Å². The van der Waals surface area contributed by atoms with E-state index in [-0.39, 0.29) is 23.1 Å². The van der Waals surface area contributed by atoms with E-state index in [0.29, 0.717) is 13.0 Å². The van der Waals surface area contributed by atoms with Gasteiger partial charge in [0.1, 0.15) is 11.9 Å². The number of hydrogen-bond donors (Lipinski definition) is 0. The summed E-state index contributed by atoms with van der Waals surface area (Å²) in [6, 6.07) is 6.20. The molecule has 0 radical (unpaired) electrons. The molecule has 1 unspecified atom stereocenters. The quantitative estimate of drug-likeness (QED) is 0.839. The Morgan fingerprint density at radius 2 is 2.26 bits per heavy atom. The van der Waals surface area contributed by atoms with Crippen molar-refractivity contribution in [3.8, 4) is 6.07 Å². The Bertz CT molecular complexity index is 622. The van der Waals surface area contributed by atoms with Gasteiger partial charge in [-0.1, -0.05) is 6.07 Å². The standard InChI is InChI=1S/C13H15FN2O2S/c1-16(12-4-5-19(17,18)9-12)8-10-2-3-13(14)11(6-10)7-15/h2-3,6,12H,4-5,8-9H2,1H3. The predicted molar refractivity (Wildman–Crippen MR) is 69.6 cm³/mol. The largest absolute Gasteiger partial charge is 0.298 e. The Labute approximate surface area is 112 Å². The molecule has 0 aromatic heterocycles. The van der Waals surface area contributed by atoms with E-state index in [4.69, 9.17) is 5.26 Å². The zero-order valence-corrected chi connectivity index (χ0v) is 11.5. The van der Waals surface area contributed by atoms with Gasteiger partial charge < -0.3 is 0 Å². The van der Waals surface area contributed by atoms with Gasteiger partial charge in [-0.05, 0) is 31.2 Å². The lowest BCUT2D eigenvalue weighted by Crippen LogP contribution is -2.32. The molecule has 0 saturated carbocycles. The molecule has 19 heavy (non-hydrogen) atoms. The molecule has 1 atom stereocenters. The first-order valence-electron chi connectivity index (χ1n) is 6.00. The Morgan fingerprint density at radius 3 is 2.84 bits per heavy atom. The molecular weight excluding hydrogens is 267 g/mol. The molecule has 0 bridgehead atoms. The molecule has 0 aliphatic carbocycles. The van der Waals surface area contributed by atoms with Crippen LogP contribution in [0.2, 0.25) is 0 Å². The smallest absolute Gasteiger partial charge is 0.151 e. The topological polar surface area (TPSA) is 61.2 Å². The third-order valence-electron chi connectivity index (χ3n) is 3.41. The number of hydrogen-bond acceptors (Lipinski definition) is 4. The maximum absolute atomic E-state index is 13.2. The van der Waals surface area contributed by atoms with Crippen molar-refractivity contribution in [1.29, 1.82) is 5.26 Å². The summed E-state index contributed by atoms with van der Waals surface area (Å²) in [6.07, 6.45) is 0.630. The molecule has 1 aliphatic heterocycles. The Morgan fingerprint density at radius 1 is 1.53 bits per heavy atom. The second-order valence-electron chi connectivity index (χ2n) is 4.90. The summed E-state index contributed by atoms with van der Waals surface area (Å²) in [7, 11) is -1.06. The van der Waals surface area contributed by atoms with Crippen LogP contribution in [0.3, 0.4) is 0 Å². The van der Waals surface area contributed by atoms with Gasteiger partial charge in [0.25, 0.3) is 0 Å². The zero-order chi connectivity index (χ0) is 14.0. The molecule has 1 saturated heterocycles. The minimum atomic E-state index is -2.91. The van der Waals surface area contributed by atoms with E-state index < -0.39 is 15.7 Å². The molecule has 6 heteroatoms. The van der Waals surface area contributed by atoms with Gasteiger partial charge in [0.15, 0.2) is 9.84 Å². The van der Waals surface area contributed by atoms with Crippen molar-refractivity contribution >= 4 is 9.84 Å². The average Bonchev–Trinajstić information content (AvgIpc) is 2.72. The SMILES string of the molecule is CN(Cc1ccc(F)c(C#N)c1)C1CCS(=O)(=O)C1. The van der Waals surface area contributed by atoms with E-state index in [9.17, 15) is 12.8 Å². The molecule has 0 amide bonds. The van der Waals surface area contributed by atoms with Gasteiger partial charge in [-0.15, -0.1) is 0 Å². The highest BCUT2D eigenvalue weighted by Gasteiger charge is 2.30. The van der Waals surface area contributed by atoms with Crippen LogP contribution in [-0.2, 0) is 16.4 Å². The van der Waals surface area contributed by atoms with Crippen LogP contribution in [0.4, 0.5) is 4.39 Å². The van der Waals surface area contributed by atoms with Crippen LogP contribution in [0.15, 0.2) is 18.2 Å². The second kappa shape index (κ2) is 5.27. The molecule has 0 N–H and O–H groups in total. The van der Waals surface area contributed by atoms with E-state index in [2.05, 4.69) is 0 Å². The van der Waals surface area contributed by atoms with Crippen molar-refractivity contribution in [2.24, 2.45) is 0 Å². The number of nitrogens with zero attached hydrogens (tertiary/aromatic N) is 2. The summed E-state index contributed by atoms with van der Waals surface area (Å²) in [5.74, 6) is -0.123. The van der Waals surface area contributed by atoms with Crippen molar-refractivity contribution in [2.45, 2.75) is 19.0 Å². The maximum Gasteiger partial charge on any atom is 0.151 e.